The summed E-state index contributed by atoms with van der Waals surface area (Å²) in [6.07, 6.45) is 34.3. The number of allylic oxidation sites excluding steroid dienone is 2. The molecule has 0 aliphatic heterocycles. The van der Waals surface area contributed by atoms with Crippen molar-refractivity contribution in [2.45, 2.75) is 131 Å². The van der Waals surface area contributed by atoms with Gasteiger partial charge in [-0.05, 0) is 111 Å². The molecule has 0 heterocycles. The SMILES string of the molecule is C#C.C#C.CC(=O)CCC(=O)NCCNC(=O)CC1CCC2(C)C(=CCC3C2CCC2(C)C3CCC2[C@H](C)CCCC(C)C)C1. The average Bonchev–Trinajstić information content (AvgIpc) is 3.37. The van der Waals surface area contributed by atoms with Crippen LogP contribution in [0.25, 0.3) is 0 Å². The number of amides is 2. The molecule has 5 heteroatoms. The molecule has 0 aromatic heterocycles. The monoisotopic (exact) mass is 620 g/mol. The Balaban J connectivity index is 0.00000169. The summed E-state index contributed by atoms with van der Waals surface area (Å²) in [5.41, 5.74) is 2.51. The lowest BCUT2D eigenvalue weighted by atomic mass is 9.46. The molecule has 0 radical (unpaired) electrons. The van der Waals surface area contributed by atoms with Gasteiger partial charge in [-0.15, -0.1) is 25.7 Å². The molecule has 3 fully saturated rings. The zero-order chi connectivity index (χ0) is 33.8. The second kappa shape index (κ2) is 18.0. The van der Waals surface area contributed by atoms with Crippen molar-refractivity contribution in [2.75, 3.05) is 13.1 Å². The van der Waals surface area contributed by atoms with Crippen LogP contribution >= 0.6 is 0 Å². The van der Waals surface area contributed by atoms with Crippen molar-refractivity contribution in [1.29, 1.82) is 0 Å². The Kier molecular flexibility index (Phi) is 15.4. The average molecular weight is 621 g/mol. The number of carbonyl (C=O) groups is 3. The number of fused-ring (bicyclic) bond motifs is 5. The number of terminal acetylenes is 2. The summed E-state index contributed by atoms with van der Waals surface area (Å²) in [7, 11) is 0. The van der Waals surface area contributed by atoms with Gasteiger partial charge in [-0.3, -0.25) is 9.59 Å². The first-order valence-corrected chi connectivity index (χ1v) is 17.8. The zero-order valence-corrected chi connectivity index (χ0v) is 29.5. The third-order valence-corrected chi connectivity index (χ3v) is 12.4. The van der Waals surface area contributed by atoms with E-state index in [-0.39, 0.29) is 30.4 Å². The summed E-state index contributed by atoms with van der Waals surface area (Å²) in [6.45, 7) is 14.9. The number of rotatable bonds is 13. The minimum absolute atomic E-state index is 0.0207. The van der Waals surface area contributed by atoms with Crippen molar-refractivity contribution in [3.8, 4) is 25.7 Å². The van der Waals surface area contributed by atoms with Crippen LogP contribution in [0, 0.1) is 77.9 Å². The first-order chi connectivity index (χ1) is 21.4. The number of hydrogen-bond donors (Lipinski definition) is 2. The van der Waals surface area contributed by atoms with Crippen LogP contribution in [0.1, 0.15) is 131 Å². The third-order valence-electron chi connectivity index (χ3n) is 12.4. The predicted octanol–water partition coefficient (Wildman–Crippen LogP) is 8.13. The highest BCUT2D eigenvalue weighted by Crippen LogP contribution is 2.67. The predicted molar refractivity (Wildman–Crippen MR) is 187 cm³/mol. The van der Waals surface area contributed by atoms with E-state index in [1.54, 1.807) is 5.57 Å². The molecule has 252 valence electrons. The maximum Gasteiger partial charge on any atom is 0.220 e. The zero-order valence-electron chi connectivity index (χ0n) is 29.5. The first kappa shape index (κ1) is 38.7. The Morgan fingerprint density at radius 3 is 2.18 bits per heavy atom. The molecule has 4 aliphatic carbocycles. The molecule has 0 bridgehead atoms. The Morgan fingerprint density at radius 1 is 0.867 bits per heavy atom. The van der Waals surface area contributed by atoms with Gasteiger partial charge in [-0.2, -0.15) is 0 Å². The Morgan fingerprint density at radius 2 is 1.53 bits per heavy atom. The highest BCUT2D eigenvalue weighted by Gasteiger charge is 2.59. The number of Topliss-reactive ketones (excluding diaryl/α,β-unsaturated/α-hetero) is 1. The molecule has 5 nitrogen and oxygen atoms in total. The van der Waals surface area contributed by atoms with E-state index in [1.165, 1.54) is 64.7 Å². The van der Waals surface area contributed by atoms with Gasteiger partial charge in [0.1, 0.15) is 5.78 Å². The molecule has 45 heavy (non-hydrogen) atoms. The molecule has 4 rings (SSSR count). The van der Waals surface area contributed by atoms with Crippen molar-refractivity contribution < 1.29 is 14.4 Å². The summed E-state index contributed by atoms with van der Waals surface area (Å²) < 4.78 is 0. The third kappa shape index (κ3) is 9.73. The van der Waals surface area contributed by atoms with Crippen molar-refractivity contribution in [1.82, 2.24) is 10.6 Å². The van der Waals surface area contributed by atoms with Crippen LogP contribution in [0.15, 0.2) is 11.6 Å². The Labute approximate surface area is 276 Å². The van der Waals surface area contributed by atoms with E-state index >= 15 is 0 Å². The van der Waals surface area contributed by atoms with Crippen LogP contribution in [-0.2, 0) is 14.4 Å². The fraction of sp³-hybridized carbons (Fsp3) is 0.775. The summed E-state index contributed by atoms with van der Waals surface area (Å²) in [6, 6.07) is 0. The molecule has 0 aromatic carbocycles. The van der Waals surface area contributed by atoms with Gasteiger partial charge in [-0.25, -0.2) is 0 Å². The smallest absolute Gasteiger partial charge is 0.220 e. The molecular weight excluding hydrogens is 556 g/mol. The topological polar surface area (TPSA) is 75.3 Å². The van der Waals surface area contributed by atoms with Gasteiger partial charge >= 0.3 is 0 Å². The van der Waals surface area contributed by atoms with Crippen LogP contribution in [0.5, 0.6) is 0 Å². The lowest BCUT2D eigenvalue weighted by Gasteiger charge is -2.58. The van der Waals surface area contributed by atoms with Crippen molar-refractivity contribution in [3.05, 3.63) is 11.6 Å². The summed E-state index contributed by atoms with van der Waals surface area (Å²) in [5, 5.41) is 5.79. The van der Waals surface area contributed by atoms with Gasteiger partial charge in [-0.1, -0.05) is 65.5 Å². The van der Waals surface area contributed by atoms with E-state index in [2.05, 4.69) is 77.0 Å². The molecule has 8 atom stereocenters. The molecule has 4 aliphatic rings. The highest BCUT2D eigenvalue weighted by molar-refractivity contribution is 5.83. The molecular formula is C40H64N2O3. The molecule has 0 aromatic rings. The second-order valence-corrected chi connectivity index (χ2v) is 15.5. The van der Waals surface area contributed by atoms with E-state index in [0.29, 0.717) is 36.3 Å². The van der Waals surface area contributed by atoms with E-state index in [1.807, 2.05) is 0 Å². The number of hydrogen-bond acceptors (Lipinski definition) is 3. The quantitative estimate of drug-likeness (QED) is 0.124. The van der Waals surface area contributed by atoms with E-state index in [0.717, 1.165) is 48.3 Å². The number of nitrogens with one attached hydrogen (secondary N) is 2. The largest absolute Gasteiger partial charge is 0.354 e. The van der Waals surface area contributed by atoms with Gasteiger partial charge < -0.3 is 15.4 Å². The van der Waals surface area contributed by atoms with Crippen LogP contribution in [0.4, 0.5) is 0 Å². The van der Waals surface area contributed by atoms with Crippen molar-refractivity contribution in [3.63, 3.8) is 0 Å². The van der Waals surface area contributed by atoms with Gasteiger partial charge in [0.05, 0.1) is 0 Å². The molecule has 0 spiro atoms. The molecule has 3 saturated carbocycles. The normalized spacial score (nSPS) is 32.1. The number of carbonyl (C=O) groups excluding carboxylic acids is 3. The Bertz CT molecular complexity index is 1050. The van der Waals surface area contributed by atoms with Gasteiger partial charge in [0.15, 0.2) is 0 Å². The first-order valence-electron chi connectivity index (χ1n) is 17.8. The minimum atomic E-state index is -0.129. The minimum Gasteiger partial charge on any atom is -0.354 e. The summed E-state index contributed by atoms with van der Waals surface area (Å²) in [5.74, 6) is 5.55. The van der Waals surface area contributed by atoms with Gasteiger partial charge in [0.25, 0.3) is 0 Å². The molecule has 2 N–H and O–H groups in total. The van der Waals surface area contributed by atoms with Crippen LogP contribution in [0.3, 0.4) is 0 Å². The van der Waals surface area contributed by atoms with Crippen molar-refractivity contribution in [2.24, 2.45) is 52.3 Å². The lowest BCUT2D eigenvalue weighted by molar-refractivity contribution is -0.125. The van der Waals surface area contributed by atoms with Gasteiger partial charge in [0.2, 0.25) is 11.8 Å². The highest BCUT2D eigenvalue weighted by atomic mass is 16.2. The van der Waals surface area contributed by atoms with E-state index in [9.17, 15) is 14.4 Å². The van der Waals surface area contributed by atoms with Gasteiger partial charge in [0, 0.05) is 32.4 Å². The molecule has 2 amide bonds. The van der Waals surface area contributed by atoms with Crippen LogP contribution in [-0.4, -0.2) is 30.7 Å². The van der Waals surface area contributed by atoms with E-state index < -0.39 is 0 Å². The van der Waals surface area contributed by atoms with Crippen LogP contribution < -0.4 is 10.6 Å². The lowest BCUT2D eigenvalue weighted by Crippen LogP contribution is -2.50. The summed E-state index contributed by atoms with van der Waals surface area (Å²) >= 11 is 0. The van der Waals surface area contributed by atoms with E-state index in [4.69, 9.17) is 0 Å². The second-order valence-electron chi connectivity index (χ2n) is 15.5. The maximum atomic E-state index is 12.7. The fourth-order valence-electron chi connectivity index (χ4n) is 10.1. The molecule has 0 saturated heterocycles. The number of ketones is 1. The van der Waals surface area contributed by atoms with Crippen LogP contribution in [0.2, 0.25) is 0 Å². The maximum absolute atomic E-state index is 12.7. The fourth-order valence-corrected chi connectivity index (χ4v) is 10.1. The summed E-state index contributed by atoms with van der Waals surface area (Å²) in [4.78, 5) is 35.5. The van der Waals surface area contributed by atoms with Crippen molar-refractivity contribution >= 4 is 17.6 Å². The standard InChI is InChI=1S/C36H60N2O3.2C2H2/c1-24(2)8-7-9-25(3)30-13-14-31-29-12-11-28-22-27(16-18-35(28,5)32(29)17-19-36(30,31)6)23-34(41)38-21-20-37-33(40)15-10-26(4)39;2*1-2/h11,24-25,27,29-32H,7-10,12-23H2,1-6H3,(H,37,40)(H,38,41);2*1-2H/t25-,27?,29?,30?,31?,32?,35?,36?;;/m1../s1. The Hall–Kier alpha value is -2.53. The molecule has 7 unspecified atom stereocenters.